The quantitative estimate of drug-likeness (QED) is 0.704. The van der Waals surface area contributed by atoms with Crippen molar-refractivity contribution in [2.24, 2.45) is 0 Å². The molecule has 0 N–H and O–H groups in total. The van der Waals surface area contributed by atoms with Crippen molar-refractivity contribution in [1.29, 1.82) is 0 Å². The highest BCUT2D eigenvalue weighted by Gasteiger charge is 2.21. The molecule has 0 spiro atoms. The SMILES string of the molecule is Cc1cc(N2CCN(c3ncnc4ncccc34)CC2)nc(N(C)C)n1. The molecule has 0 aromatic carbocycles. The zero-order valence-electron chi connectivity index (χ0n) is 15.3. The third kappa shape index (κ3) is 3.10. The summed E-state index contributed by atoms with van der Waals surface area (Å²) in [5, 5.41) is 0.997. The second-order valence-electron chi connectivity index (χ2n) is 6.61. The predicted octanol–water partition coefficient (Wildman–Crippen LogP) is 1.52. The molecule has 1 saturated heterocycles. The van der Waals surface area contributed by atoms with Gasteiger partial charge in [0.1, 0.15) is 18.0 Å². The van der Waals surface area contributed by atoms with Gasteiger partial charge in [0.15, 0.2) is 5.65 Å². The van der Waals surface area contributed by atoms with Crippen LogP contribution in [-0.2, 0) is 0 Å². The van der Waals surface area contributed by atoms with Crippen molar-refractivity contribution in [3.8, 4) is 0 Å². The molecule has 0 unspecified atom stereocenters. The number of aryl methyl sites for hydroxylation is 1. The fourth-order valence-electron chi connectivity index (χ4n) is 3.18. The molecule has 0 saturated carbocycles. The zero-order valence-corrected chi connectivity index (χ0v) is 15.3. The molecule has 3 aromatic heterocycles. The monoisotopic (exact) mass is 350 g/mol. The Balaban J connectivity index is 1.54. The van der Waals surface area contributed by atoms with E-state index >= 15 is 0 Å². The van der Waals surface area contributed by atoms with E-state index in [2.05, 4.69) is 29.7 Å². The summed E-state index contributed by atoms with van der Waals surface area (Å²) < 4.78 is 0. The average molecular weight is 350 g/mol. The highest BCUT2D eigenvalue weighted by atomic mass is 15.3. The molecule has 4 heterocycles. The van der Waals surface area contributed by atoms with Crippen LogP contribution in [0.15, 0.2) is 30.7 Å². The topological polar surface area (TPSA) is 74.2 Å². The molecule has 1 aliphatic heterocycles. The van der Waals surface area contributed by atoms with Gasteiger partial charge in [-0.2, -0.15) is 4.98 Å². The number of pyridine rings is 1. The number of fused-ring (bicyclic) bond motifs is 1. The average Bonchev–Trinajstić information content (AvgIpc) is 2.67. The fourth-order valence-corrected chi connectivity index (χ4v) is 3.18. The van der Waals surface area contributed by atoms with Crippen LogP contribution < -0.4 is 14.7 Å². The van der Waals surface area contributed by atoms with Gasteiger partial charge >= 0.3 is 0 Å². The lowest BCUT2D eigenvalue weighted by Gasteiger charge is -2.36. The van der Waals surface area contributed by atoms with E-state index in [0.717, 1.165) is 60.5 Å². The standard InChI is InChI=1S/C18H22N8/c1-13-11-15(23-18(22-13)24(2)3)25-7-9-26(10-8-25)17-14-5-4-6-19-16(14)20-12-21-17/h4-6,11-12H,7-10H2,1-3H3. The van der Waals surface area contributed by atoms with Crippen LogP contribution in [0.5, 0.6) is 0 Å². The summed E-state index contributed by atoms with van der Waals surface area (Å²) in [5.74, 6) is 2.68. The first kappa shape index (κ1) is 16.4. The predicted molar refractivity (Wildman–Crippen MR) is 103 cm³/mol. The molecule has 0 aliphatic carbocycles. The Bertz CT molecular complexity index is 913. The van der Waals surface area contributed by atoms with Crippen molar-refractivity contribution in [1.82, 2.24) is 24.9 Å². The van der Waals surface area contributed by atoms with Gasteiger partial charge in [0.05, 0.1) is 5.39 Å². The molecule has 8 nitrogen and oxygen atoms in total. The molecule has 8 heteroatoms. The van der Waals surface area contributed by atoms with E-state index in [1.807, 2.05) is 44.1 Å². The lowest BCUT2D eigenvalue weighted by Crippen LogP contribution is -2.47. The van der Waals surface area contributed by atoms with Crippen LogP contribution in [0.1, 0.15) is 5.69 Å². The Kier molecular flexibility index (Phi) is 4.24. The van der Waals surface area contributed by atoms with Crippen LogP contribution in [0.2, 0.25) is 0 Å². The molecule has 0 bridgehead atoms. The summed E-state index contributed by atoms with van der Waals surface area (Å²) in [5.41, 5.74) is 1.72. The summed E-state index contributed by atoms with van der Waals surface area (Å²) in [4.78, 5) is 28.8. The summed E-state index contributed by atoms with van der Waals surface area (Å²) in [6.45, 7) is 5.53. The Morgan fingerprint density at radius 3 is 2.50 bits per heavy atom. The van der Waals surface area contributed by atoms with Gasteiger partial charge in [-0.15, -0.1) is 0 Å². The molecule has 1 aliphatic rings. The first-order chi connectivity index (χ1) is 12.6. The van der Waals surface area contributed by atoms with Gasteiger partial charge in [-0.3, -0.25) is 0 Å². The van der Waals surface area contributed by atoms with Gasteiger partial charge < -0.3 is 14.7 Å². The van der Waals surface area contributed by atoms with E-state index in [9.17, 15) is 0 Å². The van der Waals surface area contributed by atoms with E-state index < -0.39 is 0 Å². The normalized spacial score (nSPS) is 14.7. The number of nitrogens with zero attached hydrogens (tertiary/aromatic N) is 8. The molecule has 0 amide bonds. The summed E-state index contributed by atoms with van der Waals surface area (Å²) in [6.07, 6.45) is 3.35. The largest absolute Gasteiger partial charge is 0.353 e. The maximum Gasteiger partial charge on any atom is 0.226 e. The van der Waals surface area contributed by atoms with Crippen LogP contribution in [0, 0.1) is 6.92 Å². The van der Waals surface area contributed by atoms with Crippen LogP contribution in [-0.4, -0.2) is 65.2 Å². The number of rotatable bonds is 3. The minimum Gasteiger partial charge on any atom is -0.353 e. The van der Waals surface area contributed by atoms with Crippen molar-refractivity contribution in [3.05, 3.63) is 36.4 Å². The van der Waals surface area contributed by atoms with E-state index in [4.69, 9.17) is 4.98 Å². The first-order valence-electron chi connectivity index (χ1n) is 8.70. The van der Waals surface area contributed by atoms with Gasteiger partial charge in [0, 0.05) is 58.2 Å². The van der Waals surface area contributed by atoms with E-state index in [-0.39, 0.29) is 0 Å². The van der Waals surface area contributed by atoms with E-state index in [1.54, 1.807) is 12.5 Å². The van der Waals surface area contributed by atoms with Gasteiger partial charge in [-0.1, -0.05) is 0 Å². The first-order valence-corrected chi connectivity index (χ1v) is 8.70. The van der Waals surface area contributed by atoms with Gasteiger partial charge in [-0.25, -0.2) is 19.9 Å². The van der Waals surface area contributed by atoms with Gasteiger partial charge in [-0.05, 0) is 19.1 Å². The Labute approximate surface area is 152 Å². The Hall–Kier alpha value is -3.03. The second-order valence-corrected chi connectivity index (χ2v) is 6.61. The summed E-state index contributed by atoms with van der Waals surface area (Å²) in [7, 11) is 3.93. The number of piperazine rings is 1. The Morgan fingerprint density at radius 1 is 0.962 bits per heavy atom. The number of hydrogen-bond acceptors (Lipinski definition) is 8. The van der Waals surface area contributed by atoms with Crippen LogP contribution in [0.3, 0.4) is 0 Å². The molecule has 0 radical (unpaired) electrons. The number of anilines is 3. The van der Waals surface area contributed by atoms with Crippen LogP contribution >= 0.6 is 0 Å². The van der Waals surface area contributed by atoms with Gasteiger partial charge in [0.25, 0.3) is 0 Å². The second kappa shape index (κ2) is 6.70. The molecule has 26 heavy (non-hydrogen) atoms. The highest BCUT2D eigenvalue weighted by molar-refractivity contribution is 5.86. The molecule has 134 valence electrons. The van der Waals surface area contributed by atoms with Crippen molar-refractivity contribution in [2.75, 3.05) is 55.0 Å². The molecule has 0 atom stereocenters. The van der Waals surface area contributed by atoms with Crippen molar-refractivity contribution < 1.29 is 0 Å². The molecular formula is C18H22N8. The highest BCUT2D eigenvalue weighted by Crippen LogP contribution is 2.24. The summed E-state index contributed by atoms with van der Waals surface area (Å²) in [6, 6.07) is 6.01. The van der Waals surface area contributed by atoms with Crippen molar-refractivity contribution >= 4 is 28.6 Å². The minimum atomic E-state index is 0.738. The minimum absolute atomic E-state index is 0.738. The molecular weight excluding hydrogens is 328 g/mol. The van der Waals surface area contributed by atoms with Crippen LogP contribution in [0.25, 0.3) is 11.0 Å². The lowest BCUT2D eigenvalue weighted by molar-refractivity contribution is 0.641. The number of hydrogen-bond donors (Lipinski definition) is 0. The molecule has 1 fully saturated rings. The third-order valence-corrected chi connectivity index (χ3v) is 4.52. The summed E-state index contributed by atoms with van der Waals surface area (Å²) >= 11 is 0. The molecule has 4 rings (SSSR count). The Morgan fingerprint density at radius 2 is 1.73 bits per heavy atom. The van der Waals surface area contributed by atoms with Crippen molar-refractivity contribution in [3.63, 3.8) is 0 Å². The van der Waals surface area contributed by atoms with Crippen molar-refractivity contribution in [2.45, 2.75) is 6.92 Å². The van der Waals surface area contributed by atoms with Gasteiger partial charge in [0.2, 0.25) is 5.95 Å². The van der Waals surface area contributed by atoms with E-state index in [0.29, 0.717) is 0 Å². The van der Waals surface area contributed by atoms with E-state index in [1.165, 1.54) is 0 Å². The smallest absolute Gasteiger partial charge is 0.226 e. The number of aromatic nitrogens is 5. The fraction of sp³-hybridized carbons (Fsp3) is 0.389. The molecule has 3 aromatic rings. The zero-order chi connectivity index (χ0) is 18.1. The lowest BCUT2D eigenvalue weighted by atomic mass is 10.2. The van der Waals surface area contributed by atoms with Crippen LogP contribution in [0.4, 0.5) is 17.6 Å². The maximum atomic E-state index is 4.69. The maximum absolute atomic E-state index is 4.69. The third-order valence-electron chi connectivity index (χ3n) is 4.52.